The van der Waals surface area contributed by atoms with Crippen LogP contribution in [-0.2, 0) is 20.8 Å². The molecule has 0 aromatic heterocycles. The van der Waals surface area contributed by atoms with Gasteiger partial charge >= 0.3 is 0 Å². The maximum Gasteiger partial charge on any atom is 0.243 e. The van der Waals surface area contributed by atoms with E-state index >= 15 is 0 Å². The van der Waals surface area contributed by atoms with E-state index in [9.17, 15) is 14.4 Å². The molecular formula is C14H16IN3O3. The Hall–Kier alpha value is -1.64. The van der Waals surface area contributed by atoms with E-state index in [4.69, 9.17) is 5.73 Å². The van der Waals surface area contributed by atoms with Crippen LogP contribution in [0.3, 0.4) is 0 Å². The van der Waals surface area contributed by atoms with E-state index in [1.54, 1.807) is 0 Å². The molecule has 7 heteroatoms. The quantitative estimate of drug-likeness (QED) is 0.610. The maximum absolute atomic E-state index is 12.0. The molecule has 2 rings (SSSR count). The molecule has 0 aliphatic carbocycles. The SMILES string of the molecule is NC(=O)[C@H](Cc1ccc(I)cc1)NC(=O)[C@@H]1CCC(=O)N1. The Kier molecular flexibility index (Phi) is 5.16. The molecule has 1 aromatic rings. The summed E-state index contributed by atoms with van der Waals surface area (Å²) in [6.45, 7) is 0. The summed E-state index contributed by atoms with van der Waals surface area (Å²) < 4.78 is 1.09. The Morgan fingerprint density at radius 1 is 1.38 bits per heavy atom. The molecule has 0 bridgehead atoms. The molecule has 1 fully saturated rings. The predicted octanol–water partition coefficient (Wildman–Crippen LogP) is 0.0824. The number of hydrogen-bond donors (Lipinski definition) is 3. The van der Waals surface area contributed by atoms with Gasteiger partial charge in [-0.25, -0.2) is 0 Å². The summed E-state index contributed by atoms with van der Waals surface area (Å²) in [6, 6.07) is 6.27. The standard InChI is InChI=1S/C14H16IN3O3/c15-9-3-1-8(2-4-9)7-11(13(16)20)18-14(21)10-5-6-12(19)17-10/h1-4,10-11H,5-7H2,(H2,16,20)(H,17,19)(H,18,21)/t10-,11-/m0/s1. The first-order valence-electron chi connectivity index (χ1n) is 6.59. The van der Waals surface area contributed by atoms with Gasteiger partial charge in [0.1, 0.15) is 12.1 Å². The van der Waals surface area contributed by atoms with Gasteiger partial charge in [0.15, 0.2) is 0 Å². The fourth-order valence-corrected chi connectivity index (χ4v) is 2.52. The molecule has 3 amide bonds. The van der Waals surface area contributed by atoms with Gasteiger partial charge in [0, 0.05) is 16.4 Å². The first-order valence-corrected chi connectivity index (χ1v) is 7.67. The van der Waals surface area contributed by atoms with Crippen LogP contribution in [0.1, 0.15) is 18.4 Å². The molecule has 0 saturated carbocycles. The van der Waals surface area contributed by atoms with Crippen LogP contribution in [-0.4, -0.2) is 29.8 Å². The average Bonchev–Trinajstić information content (AvgIpc) is 2.87. The number of carbonyl (C=O) groups is 3. The molecule has 0 unspecified atom stereocenters. The minimum Gasteiger partial charge on any atom is -0.368 e. The Labute approximate surface area is 136 Å². The molecular weight excluding hydrogens is 385 g/mol. The van der Waals surface area contributed by atoms with Gasteiger partial charge in [0.05, 0.1) is 0 Å². The molecule has 4 N–H and O–H groups in total. The van der Waals surface area contributed by atoms with Crippen molar-refractivity contribution < 1.29 is 14.4 Å². The highest BCUT2D eigenvalue weighted by Crippen LogP contribution is 2.10. The number of primary amides is 1. The van der Waals surface area contributed by atoms with Crippen molar-refractivity contribution in [2.45, 2.75) is 31.3 Å². The van der Waals surface area contributed by atoms with Gasteiger partial charge in [0.2, 0.25) is 17.7 Å². The van der Waals surface area contributed by atoms with Gasteiger partial charge < -0.3 is 16.4 Å². The number of carbonyl (C=O) groups excluding carboxylic acids is 3. The van der Waals surface area contributed by atoms with Crippen molar-refractivity contribution in [2.75, 3.05) is 0 Å². The first-order chi connectivity index (χ1) is 9.95. The van der Waals surface area contributed by atoms with Gasteiger partial charge in [-0.2, -0.15) is 0 Å². The number of benzene rings is 1. The van der Waals surface area contributed by atoms with Crippen molar-refractivity contribution in [1.29, 1.82) is 0 Å². The van der Waals surface area contributed by atoms with E-state index in [-0.39, 0.29) is 11.8 Å². The Bertz CT molecular complexity index is 559. The molecule has 1 aromatic carbocycles. The lowest BCUT2D eigenvalue weighted by atomic mass is 10.0. The third-order valence-corrected chi connectivity index (χ3v) is 4.04. The molecule has 1 aliphatic rings. The van der Waals surface area contributed by atoms with Gasteiger partial charge in [-0.1, -0.05) is 12.1 Å². The molecule has 112 valence electrons. The van der Waals surface area contributed by atoms with Crippen molar-refractivity contribution in [1.82, 2.24) is 10.6 Å². The van der Waals surface area contributed by atoms with Crippen LogP contribution >= 0.6 is 22.6 Å². The zero-order chi connectivity index (χ0) is 15.4. The summed E-state index contributed by atoms with van der Waals surface area (Å²) in [5.74, 6) is -1.11. The normalized spacial score (nSPS) is 18.9. The lowest BCUT2D eigenvalue weighted by Crippen LogP contribution is -2.51. The monoisotopic (exact) mass is 401 g/mol. The molecule has 0 spiro atoms. The van der Waals surface area contributed by atoms with E-state index in [1.807, 2.05) is 24.3 Å². The second kappa shape index (κ2) is 6.88. The third kappa shape index (κ3) is 4.42. The number of hydrogen-bond acceptors (Lipinski definition) is 3. The Balaban J connectivity index is 1.99. The number of amides is 3. The van der Waals surface area contributed by atoms with Gasteiger partial charge in [-0.3, -0.25) is 14.4 Å². The molecule has 1 saturated heterocycles. The summed E-state index contributed by atoms with van der Waals surface area (Å²) in [4.78, 5) is 34.6. The van der Waals surface area contributed by atoms with Crippen molar-refractivity contribution in [2.24, 2.45) is 5.73 Å². The van der Waals surface area contributed by atoms with Gasteiger partial charge in [-0.15, -0.1) is 0 Å². The molecule has 1 aliphatic heterocycles. The second-order valence-corrected chi connectivity index (χ2v) is 6.20. The van der Waals surface area contributed by atoms with Crippen molar-refractivity contribution in [3.05, 3.63) is 33.4 Å². The number of halogens is 1. The summed E-state index contributed by atoms with van der Waals surface area (Å²) in [7, 11) is 0. The van der Waals surface area contributed by atoms with E-state index in [2.05, 4.69) is 33.2 Å². The van der Waals surface area contributed by atoms with Gasteiger partial charge in [-0.05, 0) is 46.7 Å². The highest BCUT2D eigenvalue weighted by atomic mass is 127. The molecule has 21 heavy (non-hydrogen) atoms. The highest BCUT2D eigenvalue weighted by Gasteiger charge is 2.29. The van der Waals surface area contributed by atoms with Crippen LogP contribution in [0.4, 0.5) is 0 Å². The van der Waals surface area contributed by atoms with Gasteiger partial charge in [0.25, 0.3) is 0 Å². The van der Waals surface area contributed by atoms with Crippen molar-refractivity contribution >= 4 is 40.3 Å². The highest BCUT2D eigenvalue weighted by molar-refractivity contribution is 14.1. The summed E-state index contributed by atoms with van der Waals surface area (Å²) in [5, 5.41) is 5.18. The number of nitrogens with one attached hydrogen (secondary N) is 2. The van der Waals surface area contributed by atoms with Crippen LogP contribution in [0, 0.1) is 3.57 Å². The smallest absolute Gasteiger partial charge is 0.243 e. The fourth-order valence-electron chi connectivity index (χ4n) is 2.16. The largest absolute Gasteiger partial charge is 0.368 e. The summed E-state index contributed by atoms with van der Waals surface area (Å²) in [5.41, 5.74) is 6.26. The topological polar surface area (TPSA) is 101 Å². The zero-order valence-electron chi connectivity index (χ0n) is 11.3. The van der Waals surface area contributed by atoms with Crippen LogP contribution < -0.4 is 16.4 Å². The summed E-state index contributed by atoms with van der Waals surface area (Å²) in [6.07, 6.45) is 1.11. The molecule has 2 atom stereocenters. The Morgan fingerprint density at radius 2 is 2.05 bits per heavy atom. The minimum atomic E-state index is -0.782. The van der Waals surface area contributed by atoms with E-state index < -0.39 is 18.0 Å². The third-order valence-electron chi connectivity index (χ3n) is 3.32. The van der Waals surface area contributed by atoms with Crippen LogP contribution in [0.5, 0.6) is 0 Å². The van der Waals surface area contributed by atoms with Crippen molar-refractivity contribution in [3.8, 4) is 0 Å². The number of nitrogens with two attached hydrogens (primary N) is 1. The van der Waals surface area contributed by atoms with Crippen LogP contribution in [0.15, 0.2) is 24.3 Å². The second-order valence-electron chi connectivity index (χ2n) is 4.95. The van der Waals surface area contributed by atoms with Crippen LogP contribution in [0.2, 0.25) is 0 Å². The fraction of sp³-hybridized carbons (Fsp3) is 0.357. The molecule has 1 heterocycles. The lowest BCUT2D eigenvalue weighted by Gasteiger charge is -2.18. The van der Waals surface area contributed by atoms with Crippen LogP contribution in [0.25, 0.3) is 0 Å². The molecule has 6 nitrogen and oxygen atoms in total. The average molecular weight is 401 g/mol. The van der Waals surface area contributed by atoms with E-state index in [0.29, 0.717) is 19.3 Å². The summed E-state index contributed by atoms with van der Waals surface area (Å²) >= 11 is 2.19. The van der Waals surface area contributed by atoms with Crippen molar-refractivity contribution in [3.63, 3.8) is 0 Å². The lowest BCUT2D eigenvalue weighted by molar-refractivity contribution is -0.129. The van der Waals surface area contributed by atoms with E-state index in [0.717, 1.165) is 9.13 Å². The Morgan fingerprint density at radius 3 is 2.57 bits per heavy atom. The number of rotatable bonds is 5. The maximum atomic E-state index is 12.0. The minimum absolute atomic E-state index is 0.150. The zero-order valence-corrected chi connectivity index (χ0v) is 13.4. The predicted molar refractivity (Wildman–Crippen MR) is 85.2 cm³/mol. The first kappa shape index (κ1) is 15.7. The molecule has 0 radical (unpaired) electrons. The van der Waals surface area contributed by atoms with E-state index in [1.165, 1.54) is 0 Å².